The molecule has 0 atom stereocenters. The van der Waals surface area contributed by atoms with Crippen LogP contribution in [0.15, 0.2) is 28.9 Å². The fourth-order valence-corrected chi connectivity index (χ4v) is 3.46. The summed E-state index contributed by atoms with van der Waals surface area (Å²) < 4.78 is 2.20. The largest absolute Gasteiger partial charge is 0.395 e. The van der Waals surface area contributed by atoms with Crippen LogP contribution in [0.1, 0.15) is 22.6 Å². The molecule has 0 radical (unpaired) electrons. The summed E-state index contributed by atoms with van der Waals surface area (Å²) in [5, 5.41) is 6.55. The molecular weight excluding hydrogens is 270 g/mol. The molecule has 0 saturated heterocycles. The molecule has 0 N–H and O–H groups in total. The van der Waals surface area contributed by atoms with Crippen molar-refractivity contribution in [2.75, 3.05) is 27.2 Å². The molecule has 2 aromatic rings. The van der Waals surface area contributed by atoms with Gasteiger partial charge in [-0.2, -0.15) is 0 Å². The molecule has 1 aliphatic rings. The molecule has 20 heavy (non-hydrogen) atoms. The summed E-state index contributed by atoms with van der Waals surface area (Å²) in [6, 6.07) is 4.14. The molecule has 0 fully saturated rings. The Balaban J connectivity index is 1.77. The fourth-order valence-electron chi connectivity index (χ4n) is 2.43. The van der Waals surface area contributed by atoms with E-state index in [1.54, 1.807) is 11.3 Å². The van der Waals surface area contributed by atoms with E-state index in [1.165, 1.54) is 16.1 Å². The number of aryl methyl sites for hydroxylation is 1. The van der Waals surface area contributed by atoms with Crippen LogP contribution in [0.5, 0.6) is 0 Å². The molecule has 0 spiro atoms. The first-order valence-electron chi connectivity index (χ1n) is 6.79. The number of hydrogen-bond acceptors (Lipinski definition) is 4. The number of hydrogen-bond donors (Lipinski definition) is 0. The predicted octanol–water partition coefficient (Wildman–Crippen LogP) is 2.88. The molecule has 3 heterocycles. The average molecular weight is 289 g/mol. The predicted molar refractivity (Wildman–Crippen MR) is 83.1 cm³/mol. The van der Waals surface area contributed by atoms with E-state index in [0.717, 1.165) is 24.4 Å². The fraction of sp³-hybridized carbons (Fsp3) is 0.400. The smallest absolute Gasteiger partial charge is 0.146 e. The van der Waals surface area contributed by atoms with Gasteiger partial charge in [-0.25, -0.2) is 0 Å². The van der Waals surface area contributed by atoms with Crippen LogP contribution in [0.3, 0.4) is 0 Å². The van der Waals surface area contributed by atoms with Gasteiger partial charge in [-0.15, -0.1) is 11.3 Å². The zero-order valence-corrected chi connectivity index (χ0v) is 12.9. The lowest BCUT2D eigenvalue weighted by Gasteiger charge is -2.07. The van der Waals surface area contributed by atoms with E-state index in [9.17, 15) is 0 Å². The van der Waals surface area contributed by atoms with Crippen molar-refractivity contribution in [3.05, 3.63) is 39.8 Å². The van der Waals surface area contributed by atoms with Gasteiger partial charge in [0.2, 0.25) is 0 Å². The monoisotopic (exact) mass is 289 g/mol. The summed E-state index contributed by atoms with van der Waals surface area (Å²) >= 11 is 1.74. The minimum atomic E-state index is 0.655. The highest BCUT2D eigenvalue weighted by molar-refractivity contribution is 7.13. The summed E-state index contributed by atoms with van der Waals surface area (Å²) in [7, 11) is 4.13. The molecule has 2 aromatic heterocycles. The maximum atomic E-state index is 5.51. The molecule has 0 aliphatic carbocycles. The zero-order valence-electron chi connectivity index (χ0n) is 12.1. The molecule has 0 amide bonds. The Morgan fingerprint density at radius 1 is 1.40 bits per heavy atom. The Labute approximate surface area is 123 Å². The van der Waals surface area contributed by atoms with Crippen LogP contribution in [-0.4, -0.2) is 42.4 Å². The SMILES string of the molecule is Cc1csc2c1-n1cccc1C2=NOCCCN(C)C. The van der Waals surface area contributed by atoms with Crippen molar-refractivity contribution in [2.45, 2.75) is 13.3 Å². The lowest BCUT2D eigenvalue weighted by Crippen LogP contribution is -2.14. The Morgan fingerprint density at radius 2 is 2.25 bits per heavy atom. The molecule has 0 unspecified atom stereocenters. The van der Waals surface area contributed by atoms with E-state index in [1.807, 2.05) is 0 Å². The highest BCUT2D eigenvalue weighted by atomic mass is 32.1. The quantitative estimate of drug-likeness (QED) is 0.534. The first-order valence-corrected chi connectivity index (χ1v) is 7.67. The van der Waals surface area contributed by atoms with Crippen molar-refractivity contribution in [2.24, 2.45) is 5.16 Å². The summed E-state index contributed by atoms with van der Waals surface area (Å²) in [5.41, 5.74) is 4.64. The average Bonchev–Trinajstić information content (AvgIpc) is 3.04. The molecule has 0 bridgehead atoms. The number of oxime groups is 1. The minimum Gasteiger partial charge on any atom is -0.395 e. The van der Waals surface area contributed by atoms with E-state index in [0.29, 0.717) is 6.61 Å². The first kappa shape index (κ1) is 13.4. The van der Waals surface area contributed by atoms with Crippen LogP contribution in [0.4, 0.5) is 0 Å². The van der Waals surface area contributed by atoms with Crippen molar-refractivity contribution in [3.8, 4) is 5.69 Å². The van der Waals surface area contributed by atoms with Crippen molar-refractivity contribution in [3.63, 3.8) is 0 Å². The standard InChI is InChI=1S/C15H19N3OS/c1-11-10-20-15-13(16-19-9-5-7-17(2)3)12-6-4-8-18(12)14(11)15/h4,6,8,10H,5,7,9H2,1-3H3. The van der Waals surface area contributed by atoms with Gasteiger partial charge in [-0.3, -0.25) is 0 Å². The number of thiophene rings is 1. The van der Waals surface area contributed by atoms with Crippen LogP contribution in [0, 0.1) is 6.92 Å². The summed E-state index contributed by atoms with van der Waals surface area (Å²) in [5.74, 6) is 0. The van der Waals surface area contributed by atoms with Crippen LogP contribution in [-0.2, 0) is 4.84 Å². The Hall–Kier alpha value is -1.59. The highest BCUT2D eigenvalue weighted by Gasteiger charge is 2.28. The van der Waals surface area contributed by atoms with Gasteiger partial charge in [0.05, 0.1) is 16.3 Å². The number of fused-ring (bicyclic) bond motifs is 3. The van der Waals surface area contributed by atoms with E-state index in [4.69, 9.17) is 4.84 Å². The van der Waals surface area contributed by atoms with E-state index >= 15 is 0 Å². The molecule has 106 valence electrons. The Morgan fingerprint density at radius 3 is 3.05 bits per heavy atom. The topological polar surface area (TPSA) is 29.8 Å². The molecule has 0 aromatic carbocycles. The van der Waals surface area contributed by atoms with Gasteiger partial charge in [0, 0.05) is 12.7 Å². The van der Waals surface area contributed by atoms with Gasteiger partial charge < -0.3 is 14.3 Å². The van der Waals surface area contributed by atoms with Crippen molar-refractivity contribution >= 4 is 17.0 Å². The molecule has 1 aliphatic heterocycles. The van der Waals surface area contributed by atoms with E-state index in [2.05, 4.69) is 59.4 Å². The van der Waals surface area contributed by atoms with Gasteiger partial charge in [0.1, 0.15) is 12.3 Å². The summed E-state index contributed by atoms with van der Waals surface area (Å²) in [6.07, 6.45) is 3.07. The third-order valence-electron chi connectivity index (χ3n) is 3.39. The second-order valence-corrected chi connectivity index (χ2v) is 6.17. The minimum absolute atomic E-state index is 0.655. The second kappa shape index (κ2) is 5.42. The third kappa shape index (κ3) is 2.27. The number of aromatic nitrogens is 1. The van der Waals surface area contributed by atoms with Crippen molar-refractivity contribution in [1.82, 2.24) is 9.47 Å². The van der Waals surface area contributed by atoms with Crippen LogP contribution < -0.4 is 0 Å². The second-order valence-electron chi connectivity index (χ2n) is 5.29. The summed E-state index contributed by atoms with van der Waals surface area (Å²) in [6.45, 7) is 3.81. The highest BCUT2D eigenvalue weighted by Crippen LogP contribution is 2.35. The maximum Gasteiger partial charge on any atom is 0.146 e. The Bertz CT molecular complexity index is 639. The maximum absolute atomic E-state index is 5.51. The van der Waals surface area contributed by atoms with E-state index < -0.39 is 0 Å². The lowest BCUT2D eigenvalue weighted by atomic mass is 10.2. The van der Waals surface area contributed by atoms with Gasteiger partial charge in [0.25, 0.3) is 0 Å². The van der Waals surface area contributed by atoms with Gasteiger partial charge in [0.15, 0.2) is 0 Å². The van der Waals surface area contributed by atoms with Crippen LogP contribution >= 0.6 is 11.3 Å². The number of rotatable bonds is 5. The van der Waals surface area contributed by atoms with Gasteiger partial charge in [-0.1, -0.05) is 5.16 Å². The molecular formula is C15H19N3OS. The Kier molecular flexibility index (Phi) is 3.63. The zero-order chi connectivity index (χ0) is 14.1. The molecule has 5 heteroatoms. The molecule has 4 nitrogen and oxygen atoms in total. The normalized spacial score (nSPS) is 14.9. The molecule has 3 rings (SSSR count). The van der Waals surface area contributed by atoms with Crippen molar-refractivity contribution in [1.29, 1.82) is 0 Å². The number of nitrogens with zero attached hydrogens (tertiary/aromatic N) is 3. The van der Waals surface area contributed by atoms with Gasteiger partial charge >= 0.3 is 0 Å². The van der Waals surface area contributed by atoms with Crippen LogP contribution in [0.25, 0.3) is 5.69 Å². The lowest BCUT2D eigenvalue weighted by molar-refractivity contribution is 0.135. The first-order chi connectivity index (χ1) is 9.68. The van der Waals surface area contributed by atoms with E-state index in [-0.39, 0.29) is 0 Å². The molecule has 0 saturated carbocycles. The van der Waals surface area contributed by atoms with Crippen LogP contribution in [0.2, 0.25) is 0 Å². The third-order valence-corrected chi connectivity index (χ3v) is 4.48. The van der Waals surface area contributed by atoms with Crippen molar-refractivity contribution < 1.29 is 4.84 Å². The van der Waals surface area contributed by atoms with Gasteiger partial charge in [-0.05, 0) is 50.5 Å². The summed E-state index contributed by atoms with van der Waals surface area (Å²) in [4.78, 5) is 8.88.